The monoisotopic (exact) mass is 296 g/mol. The Bertz CT molecular complexity index is 621. The largest absolute Gasteiger partial charge is 0.573 e. The van der Waals surface area contributed by atoms with Gasteiger partial charge in [0.2, 0.25) is 0 Å². The molecule has 0 spiro atoms. The van der Waals surface area contributed by atoms with E-state index in [2.05, 4.69) is 9.72 Å². The van der Waals surface area contributed by atoms with Gasteiger partial charge in [-0.2, -0.15) is 0 Å². The minimum atomic E-state index is -4.72. The van der Waals surface area contributed by atoms with E-state index in [1.807, 2.05) is 26.0 Å². The molecule has 0 bridgehead atoms. The van der Waals surface area contributed by atoms with Crippen LogP contribution in [0.1, 0.15) is 28.6 Å². The van der Waals surface area contributed by atoms with E-state index in [9.17, 15) is 13.2 Å². The zero-order chi connectivity index (χ0) is 15.6. The van der Waals surface area contributed by atoms with Crippen LogP contribution in [-0.2, 0) is 0 Å². The highest BCUT2D eigenvalue weighted by atomic mass is 19.4. The highest BCUT2D eigenvalue weighted by Gasteiger charge is 2.31. The zero-order valence-corrected chi connectivity index (χ0v) is 11.6. The van der Waals surface area contributed by atoms with Crippen molar-refractivity contribution in [3.05, 3.63) is 58.9 Å². The average molecular weight is 296 g/mol. The Hall–Kier alpha value is -2.08. The summed E-state index contributed by atoms with van der Waals surface area (Å²) in [4.78, 5) is 4.25. The van der Waals surface area contributed by atoms with Crippen LogP contribution in [0.5, 0.6) is 5.75 Å². The second-order valence-electron chi connectivity index (χ2n) is 4.78. The van der Waals surface area contributed by atoms with Crippen LogP contribution in [0.15, 0.2) is 36.4 Å². The molecular formula is C15H15F3N2O. The van der Waals surface area contributed by atoms with Gasteiger partial charge in [0.15, 0.2) is 0 Å². The Labute approximate surface area is 120 Å². The molecule has 3 nitrogen and oxygen atoms in total. The molecule has 0 amide bonds. The van der Waals surface area contributed by atoms with Gasteiger partial charge in [-0.1, -0.05) is 12.1 Å². The van der Waals surface area contributed by atoms with Crippen molar-refractivity contribution in [1.82, 2.24) is 4.98 Å². The number of nitrogens with two attached hydrogens (primary N) is 1. The summed E-state index contributed by atoms with van der Waals surface area (Å²) in [7, 11) is 0. The van der Waals surface area contributed by atoms with Crippen molar-refractivity contribution >= 4 is 0 Å². The van der Waals surface area contributed by atoms with Gasteiger partial charge in [0.1, 0.15) is 5.75 Å². The van der Waals surface area contributed by atoms with Crippen molar-refractivity contribution in [2.75, 3.05) is 0 Å². The average Bonchev–Trinajstić information content (AvgIpc) is 2.35. The highest BCUT2D eigenvalue weighted by Crippen LogP contribution is 2.27. The van der Waals surface area contributed by atoms with Gasteiger partial charge in [0, 0.05) is 11.4 Å². The summed E-state index contributed by atoms with van der Waals surface area (Å²) in [6.45, 7) is 3.68. The number of alkyl halides is 3. The third-order valence-electron chi connectivity index (χ3n) is 2.91. The molecule has 21 heavy (non-hydrogen) atoms. The lowest BCUT2D eigenvalue weighted by atomic mass is 9.99. The Kier molecular flexibility index (Phi) is 4.18. The fourth-order valence-corrected chi connectivity index (χ4v) is 2.14. The van der Waals surface area contributed by atoms with Gasteiger partial charge in [-0.15, -0.1) is 13.2 Å². The van der Waals surface area contributed by atoms with Crippen LogP contribution in [-0.4, -0.2) is 11.3 Å². The Balaban J connectivity index is 2.30. The molecule has 2 aromatic rings. The van der Waals surface area contributed by atoms with Crippen molar-refractivity contribution in [1.29, 1.82) is 0 Å². The molecule has 2 rings (SSSR count). The van der Waals surface area contributed by atoms with Gasteiger partial charge in [0.25, 0.3) is 0 Å². The first-order chi connectivity index (χ1) is 9.74. The molecule has 1 heterocycles. The first-order valence-corrected chi connectivity index (χ1v) is 6.31. The summed E-state index contributed by atoms with van der Waals surface area (Å²) < 4.78 is 40.6. The van der Waals surface area contributed by atoms with E-state index >= 15 is 0 Å². The van der Waals surface area contributed by atoms with Crippen molar-refractivity contribution in [3.8, 4) is 5.75 Å². The molecular weight excluding hydrogens is 281 g/mol. The Morgan fingerprint density at radius 1 is 1.05 bits per heavy atom. The van der Waals surface area contributed by atoms with Gasteiger partial charge in [-0.25, -0.2) is 0 Å². The lowest BCUT2D eigenvalue weighted by Gasteiger charge is -2.16. The van der Waals surface area contributed by atoms with Gasteiger partial charge >= 0.3 is 6.36 Å². The van der Waals surface area contributed by atoms with Gasteiger partial charge in [-0.05, 0) is 49.2 Å². The van der Waals surface area contributed by atoms with Crippen LogP contribution >= 0.6 is 0 Å². The first-order valence-electron chi connectivity index (χ1n) is 6.31. The van der Waals surface area contributed by atoms with Crippen LogP contribution in [0.4, 0.5) is 13.2 Å². The molecule has 0 aliphatic carbocycles. The van der Waals surface area contributed by atoms with Gasteiger partial charge in [0.05, 0.1) is 6.04 Å². The van der Waals surface area contributed by atoms with Crippen LogP contribution in [0.2, 0.25) is 0 Å². The number of aryl methyl sites for hydroxylation is 2. The lowest BCUT2D eigenvalue weighted by Crippen LogP contribution is -2.18. The van der Waals surface area contributed by atoms with E-state index in [4.69, 9.17) is 5.73 Å². The molecule has 1 unspecified atom stereocenters. The molecule has 0 fully saturated rings. The molecule has 1 aromatic carbocycles. The molecule has 0 aliphatic heterocycles. The maximum absolute atomic E-state index is 12.2. The van der Waals surface area contributed by atoms with Crippen LogP contribution in [0.3, 0.4) is 0 Å². The third kappa shape index (κ3) is 4.19. The van der Waals surface area contributed by atoms with E-state index in [1.54, 1.807) is 6.07 Å². The summed E-state index contributed by atoms with van der Waals surface area (Å²) in [5.41, 5.74) is 9.08. The number of benzene rings is 1. The zero-order valence-electron chi connectivity index (χ0n) is 11.6. The number of halogens is 3. The van der Waals surface area contributed by atoms with E-state index in [1.165, 1.54) is 18.2 Å². The normalized spacial score (nSPS) is 13.0. The molecule has 6 heteroatoms. The molecule has 1 atom stereocenters. The molecule has 2 N–H and O–H groups in total. The number of ether oxygens (including phenoxy) is 1. The minimum Gasteiger partial charge on any atom is -0.406 e. The maximum atomic E-state index is 12.2. The SMILES string of the molecule is Cc1cc(C(N)c2cccc(OC(F)(F)F)c2)cc(C)n1. The fourth-order valence-electron chi connectivity index (χ4n) is 2.14. The molecule has 0 radical (unpaired) electrons. The predicted octanol–water partition coefficient (Wildman–Crippen LogP) is 3.65. The highest BCUT2D eigenvalue weighted by molar-refractivity contribution is 5.37. The summed E-state index contributed by atoms with van der Waals surface area (Å²) in [5.74, 6) is -0.280. The van der Waals surface area contributed by atoms with E-state index in [0.717, 1.165) is 17.0 Å². The Morgan fingerprint density at radius 3 is 2.24 bits per heavy atom. The molecule has 112 valence electrons. The number of rotatable bonds is 3. The van der Waals surface area contributed by atoms with Crippen LogP contribution in [0.25, 0.3) is 0 Å². The lowest BCUT2D eigenvalue weighted by molar-refractivity contribution is -0.274. The minimum absolute atomic E-state index is 0.280. The summed E-state index contributed by atoms with van der Waals surface area (Å²) in [5, 5.41) is 0. The number of aromatic nitrogens is 1. The molecule has 0 saturated heterocycles. The summed E-state index contributed by atoms with van der Waals surface area (Å²) in [6, 6.07) is 8.78. The van der Waals surface area contributed by atoms with Gasteiger partial charge in [-0.3, -0.25) is 4.98 Å². The van der Waals surface area contributed by atoms with Crippen molar-refractivity contribution in [2.24, 2.45) is 5.73 Å². The molecule has 1 aromatic heterocycles. The second-order valence-corrected chi connectivity index (χ2v) is 4.78. The van der Waals surface area contributed by atoms with E-state index in [0.29, 0.717) is 5.56 Å². The van der Waals surface area contributed by atoms with E-state index < -0.39 is 12.4 Å². The fraction of sp³-hybridized carbons (Fsp3) is 0.267. The summed E-state index contributed by atoms with van der Waals surface area (Å²) in [6.07, 6.45) is -4.72. The first kappa shape index (κ1) is 15.3. The maximum Gasteiger partial charge on any atom is 0.573 e. The van der Waals surface area contributed by atoms with Crippen molar-refractivity contribution in [3.63, 3.8) is 0 Å². The number of hydrogen-bond acceptors (Lipinski definition) is 3. The van der Waals surface area contributed by atoms with E-state index in [-0.39, 0.29) is 5.75 Å². The topological polar surface area (TPSA) is 48.1 Å². The smallest absolute Gasteiger partial charge is 0.406 e. The quantitative estimate of drug-likeness (QED) is 0.940. The Morgan fingerprint density at radius 2 is 1.67 bits per heavy atom. The standard InChI is InChI=1S/C15H15F3N2O/c1-9-6-12(7-10(2)20-9)14(19)11-4-3-5-13(8-11)21-15(16,17)18/h3-8,14H,19H2,1-2H3. The summed E-state index contributed by atoms with van der Waals surface area (Å²) >= 11 is 0. The second kappa shape index (κ2) is 5.73. The van der Waals surface area contributed by atoms with Crippen molar-refractivity contribution in [2.45, 2.75) is 26.3 Å². The number of nitrogens with zero attached hydrogens (tertiary/aromatic N) is 1. The number of hydrogen-bond donors (Lipinski definition) is 1. The third-order valence-corrected chi connectivity index (χ3v) is 2.91. The van der Waals surface area contributed by atoms with Crippen molar-refractivity contribution < 1.29 is 17.9 Å². The molecule has 0 saturated carbocycles. The predicted molar refractivity (Wildman–Crippen MR) is 72.9 cm³/mol. The number of pyridine rings is 1. The van der Waals surface area contributed by atoms with Gasteiger partial charge < -0.3 is 10.5 Å². The van der Waals surface area contributed by atoms with Crippen LogP contribution < -0.4 is 10.5 Å². The molecule has 0 aliphatic rings. The van der Waals surface area contributed by atoms with Crippen LogP contribution in [0, 0.1) is 13.8 Å².